The summed E-state index contributed by atoms with van der Waals surface area (Å²) in [6.07, 6.45) is 4.64. The molecule has 0 unspecified atom stereocenters. The maximum Gasteiger partial charge on any atom is 0.250 e. The summed E-state index contributed by atoms with van der Waals surface area (Å²) < 4.78 is 5.30. The fourth-order valence-corrected chi connectivity index (χ4v) is 0.945. The fraction of sp³-hybridized carbons (Fsp3) is 0.250. The Bertz CT molecular complexity index is 411. The minimum atomic E-state index is -0.263. The van der Waals surface area contributed by atoms with Gasteiger partial charge in [0.25, 0.3) is 5.89 Å². The second-order valence-corrected chi connectivity index (χ2v) is 2.86. The van der Waals surface area contributed by atoms with E-state index in [1.165, 1.54) is 6.33 Å². The average Bonchev–Trinajstić information content (AvgIpc) is 2.68. The van der Waals surface area contributed by atoms with Crippen LogP contribution in [0.4, 0.5) is 0 Å². The highest BCUT2D eigenvalue weighted by molar-refractivity contribution is 5.48. The lowest BCUT2D eigenvalue weighted by molar-refractivity contribution is 0.473. The summed E-state index contributed by atoms with van der Waals surface area (Å²) in [5, 5.41) is 7.63. The van der Waals surface area contributed by atoms with Crippen molar-refractivity contribution < 1.29 is 4.42 Å². The maximum absolute atomic E-state index is 5.58. The number of hydrogen-bond donors (Lipinski definition) is 1. The molecule has 6 heteroatoms. The van der Waals surface area contributed by atoms with Gasteiger partial charge in [-0.3, -0.25) is 0 Å². The molecule has 0 aliphatic carbocycles. The molecule has 6 nitrogen and oxygen atoms in total. The van der Waals surface area contributed by atoms with Gasteiger partial charge in [0.1, 0.15) is 6.33 Å². The van der Waals surface area contributed by atoms with Crippen molar-refractivity contribution in [1.29, 1.82) is 0 Å². The lowest BCUT2D eigenvalue weighted by Crippen LogP contribution is -2.04. The van der Waals surface area contributed by atoms with E-state index in [0.29, 0.717) is 17.3 Å². The highest BCUT2D eigenvalue weighted by Crippen LogP contribution is 2.17. The van der Waals surface area contributed by atoms with Crippen molar-refractivity contribution in [3.63, 3.8) is 0 Å². The molecule has 0 saturated heterocycles. The number of hydrogen-bond acceptors (Lipinski definition) is 6. The van der Waals surface area contributed by atoms with E-state index in [9.17, 15) is 0 Å². The van der Waals surface area contributed by atoms with Gasteiger partial charge in [0.15, 0.2) is 0 Å². The largest absolute Gasteiger partial charge is 0.419 e. The Morgan fingerprint density at radius 2 is 2.00 bits per heavy atom. The van der Waals surface area contributed by atoms with E-state index >= 15 is 0 Å². The van der Waals surface area contributed by atoms with E-state index in [1.807, 2.05) is 0 Å². The zero-order chi connectivity index (χ0) is 9.97. The van der Waals surface area contributed by atoms with Crippen LogP contribution in [-0.4, -0.2) is 20.2 Å². The van der Waals surface area contributed by atoms with Crippen LogP contribution < -0.4 is 5.73 Å². The highest BCUT2D eigenvalue weighted by Gasteiger charge is 2.11. The van der Waals surface area contributed by atoms with Gasteiger partial charge in [-0.25, -0.2) is 9.97 Å². The molecule has 0 bridgehead atoms. The molecule has 0 radical (unpaired) electrons. The van der Waals surface area contributed by atoms with Crippen LogP contribution in [-0.2, 0) is 0 Å². The van der Waals surface area contributed by atoms with Crippen molar-refractivity contribution in [2.45, 2.75) is 13.0 Å². The Morgan fingerprint density at radius 3 is 2.57 bits per heavy atom. The summed E-state index contributed by atoms with van der Waals surface area (Å²) in [5.41, 5.74) is 6.26. The predicted octanol–water partition coefficient (Wildman–Crippen LogP) is 0.546. The van der Waals surface area contributed by atoms with Crippen LogP contribution in [0.15, 0.2) is 23.1 Å². The molecule has 2 aromatic rings. The first-order valence-corrected chi connectivity index (χ1v) is 4.11. The molecule has 0 amide bonds. The van der Waals surface area contributed by atoms with Crippen LogP contribution >= 0.6 is 0 Å². The first-order chi connectivity index (χ1) is 6.77. The Labute approximate surface area is 80.2 Å². The fourth-order valence-electron chi connectivity index (χ4n) is 0.945. The number of aromatic nitrogens is 4. The Morgan fingerprint density at radius 1 is 1.29 bits per heavy atom. The van der Waals surface area contributed by atoms with E-state index in [4.69, 9.17) is 10.2 Å². The molecule has 0 aliphatic rings. The quantitative estimate of drug-likeness (QED) is 0.745. The first kappa shape index (κ1) is 8.76. The van der Waals surface area contributed by atoms with Crippen molar-refractivity contribution in [2.75, 3.05) is 0 Å². The minimum absolute atomic E-state index is 0.263. The molecule has 0 aliphatic heterocycles. The predicted molar refractivity (Wildman–Crippen MR) is 47.9 cm³/mol. The SMILES string of the molecule is C[C@H](N)c1nnc(-c2cncnc2)o1. The Hall–Kier alpha value is -1.82. The van der Waals surface area contributed by atoms with Crippen molar-refractivity contribution in [3.05, 3.63) is 24.6 Å². The van der Waals surface area contributed by atoms with Crippen molar-refractivity contribution >= 4 is 0 Å². The summed E-state index contributed by atoms with van der Waals surface area (Å²) in [6.45, 7) is 1.78. The molecule has 2 N–H and O–H groups in total. The smallest absolute Gasteiger partial charge is 0.250 e. The maximum atomic E-state index is 5.58. The van der Waals surface area contributed by atoms with Gasteiger partial charge in [-0.05, 0) is 6.92 Å². The van der Waals surface area contributed by atoms with Crippen molar-refractivity contribution in [2.24, 2.45) is 5.73 Å². The van der Waals surface area contributed by atoms with Crippen LogP contribution in [0.3, 0.4) is 0 Å². The first-order valence-electron chi connectivity index (χ1n) is 4.11. The third-order valence-corrected chi connectivity index (χ3v) is 1.64. The van der Waals surface area contributed by atoms with E-state index in [-0.39, 0.29) is 6.04 Å². The average molecular weight is 191 g/mol. The van der Waals surface area contributed by atoms with Crippen LogP contribution in [0.5, 0.6) is 0 Å². The molecule has 2 heterocycles. The second kappa shape index (κ2) is 3.51. The lowest BCUT2D eigenvalue weighted by Gasteiger charge is -1.94. The van der Waals surface area contributed by atoms with Gasteiger partial charge in [-0.1, -0.05) is 0 Å². The third kappa shape index (κ3) is 1.60. The second-order valence-electron chi connectivity index (χ2n) is 2.86. The summed E-state index contributed by atoms with van der Waals surface area (Å²) in [6, 6.07) is -0.263. The number of rotatable bonds is 2. The number of nitrogens with zero attached hydrogens (tertiary/aromatic N) is 4. The summed E-state index contributed by atoms with van der Waals surface area (Å²) in [7, 11) is 0. The molecule has 14 heavy (non-hydrogen) atoms. The monoisotopic (exact) mass is 191 g/mol. The summed E-state index contributed by atoms with van der Waals surface area (Å²) in [5.74, 6) is 0.793. The molecule has 0 fully saturated rings. The lowest BCUT2D eigenvalue weighted by atomic mass is 10.3. The van der Waals surface area contributed by atoms with E-state index in [1.54, 1.807) is 19.3 Å². The molecule has 1 atom stereocenters. The molecular weight excluding hydrogens is 182 g/mol. The van der Waals surface area contributed by atoms with Crippen LogP contribution in [0, 0.1) is 0 Å². The molecule has 2 rings (SSSR count). The highest BCUT2D eigenvalue weighted by atomic mass is 16.4. The molecule has 2 aromatic heterocycles. The van der Waals surface area contributed by atoms with Crippen LogP contribution in [0.2, 0.25) is 0 Å². The zero-order valence-corrected chi connectivity index (χ0v) is 7.58. The third-order valence-electron chi connectivity index (χ3n) is 1.64. The van der Waals surface area contributed by atoms with Gasteiger partial charge in [0.05, 0.1) is 11.6 Å². The van der Waals surface area contributed by atoms with Gasteiger partial charge >= 0.3 is 0 Å². The minimum Gasteiger partial charge on any atom is -0.419 e. The normalized spacial score (nSPS) is 12.7. The van der Waals surface area contributed by atoms with Gasteiger partial charge < -0.3 is 10.2 Å². The van der Waals surface area contributed by atoms with Gasteiger partial charge in [0, 0.05) is 12.4 Å². The zero-order valence-electron chi connectivity index (χ0n) is 7.58. The van der Waals surface area contributed by atoms with Crippen molar-refractivity contribution in [3.8, 4) is 11.5 Å². The molecule has 0 spiro atoms. The van der Waals surface area contributed by atoms with E-state index in [0.717, 1.165) is 0 Å². The van der Waals surface area contributed by atoms with E-state index in [2.05, 4.69) is 20.2 Å². The summed E-state index contributed by atoms with van der Waals surface area (Å²) >= 11 is 0. The van der Waals surface area contributed by atoms with Crippen molar-refractivity contribution in [1.82, 2.24) is 20.2 Å². The Balaban J connectivity index is 2.34. The van der Waals surface area contributed by atoms with Gasteiger partial charge in [0.2, 0.25) is 5.89 Å². The molecular formula is C8H9N5O. The number of nitrogens with two attached hydrogens (primary N) is 1. The molecule has 0 aromatic carbocycles. The van der Waals surface area contributed by atoms with E-state index < -0.39 is 0 Å². The summed E-state index contributed by atoms with van der Waals surface area (Å²) in [4.78, 5) is 7.69. The van der Waals surface area contributed by atoms with Gasteiger partial charge in [-0.15, -0.1) is 10.2 Å². The standard InChI is InChI=1S/C8H9N5O/c1-5(9)7-12-13-8(14-7)6-2-10-4-11-3-6/h2-5H,9H2,1H3/t5-/m0/s1. The van der Waals surface area contributed by atoms with Gasteiger partial charge in [-0.2, -0.15) is 0 Å². The van der Waals surface area contributed by atoms with Crippen LogP contribution in [0.25, 0.3) is 11.5 Å². The van der Waals surface area contributed by atoms with Crippen LogP contribution in [0.1, 0.15) is 18.9 Å². The Kier molecular flexibility index (Phi) is 2.19. The molecule has 0 saturated carbocycles. The molecule has 72 valence electrons. The topological polar surface area (TPSA) is 90.7 Å².